The zero-order valence-electron chi connectivity index (χ0n) is 10.8. The number of hydrogen-bond donors (Lipinski definition) is 1. The van der Waals surface area contributed by atoms with Crippen LogP contribution in [0, 0.1) is 11.3 Å². The van der Waals surface area contributed by atoms with Crippen molar-refractivity contribution in [2.24, 2.45) is 5.73 Å². The summed E-state index contributed by atoms with van der Waals surface area (Å²) in [6.45, 7) is 6.95. The third kappa shape index (κ3) is 2.81. The first-order valence-corrected chi connectivity index (χ1v) is 6.44. The minimum Gasteiger partial charge on any atom is -0.369 e. The molecule has 2 N–H and O–H groups in total. The lowest BCUT2D eigenvalue weighted by molar-refractivity contribution is 0.195. The highest BCUT2D eigenvalue weighted by atomic mass is 15.3. The molecule has 4 nitrogen and oxygen atoms in total. The molecule has 0 aliphatic carbocycles. The summed E-state index contributed by atoms with van der Waals surface area (Å²) in [5.41, 5.74) is 7.49. The van der Waals surface area contributed by atoms with Gasteiger partial charge in [-0.1, -0.05) is 6.07 Å². The molecule has 1 aromatic carbocycles. The van der Waals surface area contributed by atoms with Crippen molar-refractivity contribution in [2.75, 3.05) is 37.6 Å². The average Bonchev–Trinajstić information content (AvgIpc) is 2.41. The summed E-state index contributed by atoms with van der Waals surface area (Å²) < 4.78 is 0. The molecule has 1 saturated heterocycles. The number of anilines is 1. The molecule has 1 unspecified atom stereocenters. The predicted octanol–water partition coefficient (Wildman–Crippen LogP) is 1.03. The van der Waals surface area contributed by atoms with Crippen LogP contribution in [0.25, 0.3) is 0 Å². The lowest BCUT2D eigenvalue weighted by atomic mass is 10.1. The Kier molecular flexibility index (Phi) is 4.19. The predicted molar refractivity (Wildman–Crippen MR) is 73.5 cm³/mol. The average molecular weight is 244 g/mol. The van der Waals surface area contributed by atoms with E-state index in [2.05, 4.69) is 28.9 Å². The van der Waals surface area contributed by atoms with E-state index in [9.17, 15) is 0 Å². The summed E-state index contributed by atoms with van der Waals surface area (Å²) >= 11 is 0. The van der Waals surface area contributed by atoms with Crippen LogP contribution in [0.2, 0.25) is 0 Å². The molecule has 1 aliphatic heterocycles. The molecule has 0 bridgehead atoms. The van der Waals surface area contributed by atoms with Crippen molar-refractivity contribution in [1.82, 2.24) is 4.90 Å². The van der Waals surface area contributed by atoms with E-state index in [0.29, 0.717) is 12.6 Å². The van der Waals surface area contributed by atoms with Gasteiger partial charge in [0.15, 0.2) is 0 Å². The van der Waals surface area contributed by atoms with Crippen LogP contribution in [0.3, 0.4) is 0 Å². The minimum absolute atomic E-state index is 0.507. The first-order valence-electron chi connectivity index (χ1n) is 6.44. The second-order valence-corrected chi connectivity index (χ2v) is 4.78. The fourth-order valence-corrected chi connectivity index (χ4v) is 2.50. The number of piperazine rings is 1. The van der Waals surface area contributed by atoms with Crippen molar-refractivity contribution in [3.63, 3.8) is 0 Å². The molecule has 0 aromatic heterocycles. The highest BCUT2D eigenvalue weighted by Crippen LogP contribution is 2.20. The van der Waals surface area contributed by atoms with Gasteiger partial charge in [0.2, 0.25) is 0 Å². The Morgan fingerprint density at radius 1 is 1.44 bits per heavy atom. The van der Waals surface area contributed by atoms with E-state index >= 15 is 0 Å². The van der Waals surface area contributed by atoms with E-state index in [4.69, 9.17) is 11.0 Å². The summed E-state index contributed by atoms with van der Waals surface area (Å²) in [5.74, 6) is 0. The maximum Gasteiger partial charge on any atom is 0.0992 e. The minimum atomic E-state index is 0.507. The Morgan fingerprint density at radius 2 is 2.28 bits per heavy atom. The monoisotopic (exact) mass is 244 g/mol. The smallest absolute Gasteiger partial charge is 0.0992 e. The van der Waals surface area contributed by atoms with Gasteiger partial charge in [-0.2, -0.15) is 5.26 Å². The fraction of sp³-hybridized carbons (Fsp3) is 0.500. The van der Waals surface area contributed by atoms with Crippen molar-refractivity contribution in [3.8, 4) is 6.07 Å². The number of nitrogens with zero attached hydrogens (tertiary/aromatic N) is 3. The Morgan fingerprint density at radius 3 is 2.94 bits per heavy atom. The third-order valence-corrected chi connectivity index (χ3v) is 3.52. The van der Waals surface area contributed by atoms with Gasteiger partial charge in [-0.3, -0.25) is 4.90 Å². The van der Waals surface area contributed by atoms with Crippen LogP contribution in [0.15, 0.2) is 24.3 Å². The lowest BCUT2D eigenvalue weighted by Crippen LogP contribution is -2.53. The molecule has 1 atom stereocenters. The molecule has 18 heavy (non-hydrogen) atoms. The number of rotatable bonds is 3. The third-order valence-electron chi connectivity index (χ3n) is 3.52. The highest BCUT2D eigenvalue weighted by molar-refractivity contribution is 5.52. The van der Waals surface area contributed by atoms with Crippen molar-refractivity contribution < 1.29 is 0 Å². The Balaban J connectivity index is 2.05. The van der Waals surface area contributed by atoms with Gasteiger partial charge >= 0.3 is 0 Å². The van der Waals surface area contributed by atoms with E-state index < -0.39 is 0 Å². The van der Waals surface area contributed by atoms with Gasteiger partial charge in [-0.25, -0.2) is 0 Å². The van der Waals surface area contributed by atoms with E-state index in [1.165, 1.54) is 0 Å². The molecule has 96 valence electrons. The highest BCUT2D eigenvalue weighted by Gasteiger charge is 2.23. The van der Waals surface area contributed by atoms with Crippen molar-refractivity contribution in [1.29, 1.82) is 5.26 Å². The first-order chi connectivity index (χ1) is 8.74. The van der Waals surface area contributed by atoms with Crippen LogP contribution in [-0.4, -0.2) is 43.7 Å². The summed E-state index contributed by atoms with van der Waals surface area (Å²) in [7, 11) is 0. The SMILES string of the molecule is CC1CN(c2cccc(C#N)c2)CCN1CCN. The summed E-state index contributed by atoms with van der Waals surface area (Å²) in [5, 5.41) is 8.93. The molecule has 0 saturated carbocycles. The molecule has 1 heterocycles. The quantitative estimate of drug-likeness (QED) is 0.862. The second-order valence-electron chi connectivity index (χ2n) is 4.78. The van der Waals surface area contributed by atoms with Crippen molar-refractivity contribution in [2.45, 2.75) is 13.0 Å². The molecule has 0 radical (unpaired) electrons. The number of nitrogens with two attached hydrogens (primary N) is 1. The number of nitriles is 1. The molecular weight excluding hydrogens is 224 g/mol. The Hall–Kier alpha value is -1.57. The number of hydrogen-bond acceptors (Lipinski definition) is 4. The van der Waals surface area contributed by atoms with Crippen LogP contribution in [-0.2, 0) is 0 Å². The zero-order chi connectivity index (χ0) is 13.0. The number of benzene rings is 1. The zero-order valence-corrected chi connectivity index (χ0v) is 10.8. The molecule has 0 spiro atoms. The van der Waals surface area contributed by atoms with E-state index in [1.807, 2.05) is 18.2 Å². The standard InChI is InChI=1S/C14H20N4/c1-12-11-18(8-7-17(12)6-5-15)14-4-2-3-13(9-14)10-16/h2-4,9,12H,5-8,11,15H2,1H3. The maximum absolute atomic E-state index is 8.93. The van der Waals surface area contributed by atoms with Gasteiger partial charge in [0.25, 0.3) is 0 Å². The molecular formula is C14H20N4. The molecule has 4 heteroatoms. The van der Waals surface area contributed by atoms with E-state index in [-0.39, 0.29) is 0 Å². The molecule has 1 fully saturated rings. The van der Waals surface area contributed by atoms with Crippen molar-refractivity contribution in [3.05, 3.63) is 29.8 Å². The Bertz CT molecular complexity index is 438. The fourth-order valence-electron chi connectivity index (χ4n) is 2.50. The molecule has 1 aromatic rings. The van der Waals surface area contributed by atoms with Gasteiger partial charge in [-0.05, 0) is 25.1 Å². The van der Waals surface area contributed by atoms with Gasteiger partial charge in [0, 0.05) is 44.5 Å². The first kappa shape index (κ1) is 12.9. The van der Waals surface area contributed by atoms with Gasteiger partial charge < -0.3 is 10.6 Å². The molecule has 0 amide bonds. The van der Waals surface area contributed by atoms with Crippen LogP contribution in [0.5, 0.6) is 0 Å². The summed E-state index contributed by atoms with van der Waals surface area (Å²) in [4.78, 5) is 4.77. The van der Waals surface area contributed by atoms with Gasteiger partial charge in [0.1, 0.15) is 0 Å². The normalized spacial score (nSPS) is 20.7. The summed E-state index contributed by atoms with van der Waals surface area (Å²) in [6.07, 6.45) is 0. The van der Waals surface area contributed by atoms with Crippen LogP contribution in [0.4, 0.5) is 5.69 Å². The largest absolute Gasteiger partial charge is 0.369 e. The Labute approximate surface area is 109 Å². The molecule has 1 aliphatic rings. The maximum atomic E-state index is 8.93. The topological polar surface area (TPSA) is 56.3 Å². The van der Waals surface area contributed by atoms with Crippen LogP contribution in [0.1, 0.15) is 12.5 Å². The van der Waals surface area contributed by atoms with E-state index in [1.54, 1.807) is 0 Å². The van der Waals surface area contributed by atoms with Gasteiger partial charge in [-0.15, -0.1) is 0 Å². The van der Waals surface area contributed by atoms with Crippen LogP contribution >= 0.6 is 0 Å². The van der Waals surface area contributed by atoms with Crippen LogP contribution < -0.4 is 10.6 Å². The lowest BCUT2D eigenvalue weighted by Gasteiger charge is -2.40. The van der Waals surface area contributed by atoms with E-state index in [0.717, 1.165) is 37.4 Å². The summed E-state index contributed by atoms with van der Waals surface area (Å²) in [6, 6.07) is 10.5. The molecule has 2 rings (SSSR count). The van der Waals surface area contributed by atoms with Gasteiger partial charge in [0.05, 0.1) is 11.6 Å². The second kappa shape index (κ2) is 5.85. The van der Waals surface area contributed by atoms with Crippen molar-refractivity contribution >= 4 is 5.69 Å².